The van der Waals surface area contributed by atoms with Crippen LogP contribution in [-0.4, -0.2) is 18.2 Å². The molecule has 0 spiro atoms. The van der Waals surface area contributed by atoms with Crippen molar-refractivity contribution in [3.8, 4) is 0 Å². The Balaban J connectivity index is 1.88. The molecule has 2 atom stereocenters. The van der Waals surface area contributed by atoms with E-state index in [-0.39, 0.29) is 0 Å². The summed E-state index contributed by atoms with van der Waals surface area (Å²) in [5.74, 6) is 2.52. The lowest BCUT2D eigenvalue weighted by Crippen LogP contribution is -2.14. The number of fused-ring (bicyclic) bond motifs is 1. The Kier molecular flexibility index (Phi) is 2.13. The summed E-state index contributed by atoms with van der Waals surface area (Å²) >= 11 is 0. The molecule has 2 aliphatic rings. The molecule has 1 saturated heterocycles. The van der Waals surface area contributed by atoms with Gasteiger partial charge in [-0.15, -0.1) is 0 Å². The normalized spacial score (nSPS) is 30.1. The van der Waals surface area contributed by atoms with Crippen LogP contribution in [-0.2, 0) is 0 Å². The van der Waals surface area contributed by atoms with Gasteiger partial charge < -0.3 is 9.84 Å². The van der Waals surface area contributed by atoms with Crippen molar-refractivity contribution in [3.05, 3.63) is 23.6 Å². The maximum atomic E-state index is 5.31. The molecular weight excluding hydrogens is 188 g/mol. The third kappa shape index (κ3) is 1.61. The minimum atomic E-state index is 0.708. The Hall–Kier alpha value is -1.09. The molecule has 1 aliphatic carbocycles. The molecule has 1 aromatic rings. The predicted molar refractivity (Wildman–Crippen MR) is 58.3 cm³/mol. The maximum Gasteiger partial charge on any atom is 0.162 e. The molecule has 15 heavy (non-hydrogen) atoms. The summed E-state index contributed by atoms with van der Waals surface area (Å²) in [6.45, 7) is 4.28. The molecule has 0 saturated carbocycles. The standard InChI is InChI=1S/C12H16N2O/c1-8-4-12(15-14-8)9-2-3-10-6-13-7-11(10)5-9/h4-5,10-11,13H,2-3,6-7H2,1H3/t10-,11+/m0/s1. The van der Waals surface area contributed by atoms with Gasteiger partial charge in [0.25, 0.3) is 0 Å². The van der Waals surface area contributed by atoms with Gasteiger partial charge in [-0.25, -0.2) is 0 Å². The molecule has 3 rings (SSSR count). The van der Waals surface area contributed by atoms with Crippen LogP contribution in [0.2, 0.25) is 0 Å². The van der Waals surface area contributed by atoms with E-state index >= 15 is 0 Å². The van der Waals surface area contributed by atoms with Crippen LogP contribution in [0, 0.1) is 18.8 Å². The average molecular weight is 204 g/mol. The summed E-state index contributed by atoms with van der Waals surface area (Å²) in [6, 6.07) is 2.04. The Morgan fingerprint density at radius 3 is 3.20 bits per heavy atom. The van der Waals surface area contributed by atoms with Gasteiger partial charge in [0.15, 0.2) is 5.76 Å². The summed E-state index contributed by atoms with van der Waals surface area (Å²) in [5.41, 5.74) is 2.32. The smallest absolute Gasteiger partial charge is 0.162 e. The first-order chi connectivity index (χ1) is 7.33. The minimum absolute atomic E-state index is 0.708. The molecule has 3 heteroatoms. The van der Waals surface area contributed by atoms with Gasteiger partial charge in [0.1, 0.15) is 0 Å². The third-order valence-electron chi connectivity index (χ3n) is 3.54. The van der Waals surface area contributed by atoms with Gasteiger partial charge in [0, 0.05) is 12.6 Å². The van der Waals surface area contributed by atoms with E-state index in [1.165, 1.54) is 18.5 Å². The SMILES string of the molecule is Cc1cc(C2=C[C@@H]3CNC[C@@H]3CC2)on1. The molecule has 1 N–H and O–H groups in total. The largest absolute Gasteiger partial charge is 0.356 e. The van der Waals surface area contributed by atoms with E-state index in [0.717, 1.165) is 30.3 Å². The topological polar surface area (TPSA) is 38.1 Å². The van der Waals surface area contributed by atoms with E-state index < -0.39 is 0 Å². The van der Waals surface area contributed by atoms with E-state index in [1.54, 1.807) is 0 Å². The van der Waals surface area contributed by atoms with Gasteiger partial charge in [-0.1, -0.05) is 11.2 Å². The lowest BCUT2D eigenvalue weighted by Gasteiger charge is -2.21. The summed E-state index contributed by atoms with van der Waals surface area (Å²) in [5, 5.41) is 7.40. The lowest BCUT2D eigenvalue weighted by atomic mass is 9.82. The van der Waals surface area contributed by atoms with Crippen molar-refractivity contribution in [3.63, 3.8) is 0 Å². The highest BCUT2D eigenvalue weighted by molar-refractivity contribution is 5.62. The quantitative estimate of drug-likeness (QED) is 0.760. The number of allylic oxidation sites excluding steroid dienone is 1. The zero-order valence-electron chi connectivity index (χ0n) is 8.99. The van der Waals surface area contributed by atoms with Gasteiger partial charge >= 0.3 is 0 Å². The van der Waals surface area contributed by atoms with E-state index in [4.69, 9.17) is 4.52 Å². The van der Waals surface area contributed by atoms with Crippen LogP contribution in [0.4, 0.5) is 0 Å². The van der Waals surface area contributed by atoms with Crippen LogP contribution in [0.25, 0.3) is 5.57 Å². The Bertz CT molecular complexity index is 394. The Morgan fingerprint density at radius 2 is 2.40 bits per heavy atom. The van der Waals surface area contributed by atoms with E-state index in [0.29, 0.717) is 5.92 Å². The fourth-order valence-corrected chi connectivity index (χ4v) is 2.67. The highest BCUT2D eigenvalue weighted by atomic mass is 16.5. The Morgan fingerprint density at radius 1 is 1.47 bits per heavy atom. The highest BCUT2D eigenvalue weighted by Crippen LogP contribution is 2.35. The van der Waals surface area contributed by atoms with Crippen LogP contribution >= 0.6 is 0 Å². The molecule has 3 nitrogen and oxygen atoms in total. The van der Waals surface area contributed by atoms with Gasteiger partial charge in [0.05, 0.1) is 5.69 Å². The zero-order valence-corrected chi connectivity index (χ0v) is 8.99. The zero-order chi connectivity index (χ0) is 10.3. The second-order valence-electron chi connectivity index (χ2n) is 4.65. The van der Waals surface area contributed by atoms with Crippen LogP contribution in [0.1, 0.15) is 24.3 Å². The van der Waals surface area contributed by atoms with Gasteiger partial charge in [-0.2, -0.15) is 0 Å². The number of nitrogens with zero attached hydrogens (tertiary/aromatic N) is 1. The maximum absolute atomic E-state index is 5.31. The first kappa shape index (κ1) is 9.16. The number of hydrogen-bond acceptors (Lipinski definition) is 3. The molecule has 0 aromatic carbocycles. The molecule has 0 bridgehead atoms. The summed E-state index contributed by atoms with van der Waals surface area (Å²) in [7, 11) is 0. The highest BCUT2D eigenvalue weighted by Gasteiger charge is 2.29. The second-order valence-corrected chi connectivity index (χ2v) is 4.65. The molecule has 1 aliphatic heterocycles. The molecule has 2 heterocycles. The summed E-state index contributed by atoms with van der Waals surface area (Å²) in [6.07, 6.45) is 4.80. The molecule has 80 valence electrons. The number of rotatable bonds is 1. The second kappa shape index (κ2) is 3.49. The van der Waals surface area contributed by atoms with Gasteiger partial charge in [0.2, 0.25) is 0 Å². The van der Waals surface area contributed by atoms with Crippen LogP contribution in [0.15, 0.2) is 16.7 Å². The van der Waals surface area contributed by atoms with E-state index in [1.807, 2.05) is 13.0 Å². The van der Waals surface area contributed by atoms with Crippen molar-refractivity contribution in [1.29, 1.82) is 0 Å². The number of nitrogens with one attached hydrogen (secondary N) is 1. The average Bonchev–Trinajstić information content (AvgIpc) is 2.84. The number of aryl methyl sites for hydroxylation is 1. The first-order valence-electron chi connectivity index (χ1n) is 5.68. The van der Waals surface area contributed by atoms with Crippen LogP contribution in [0.3, 0.4) is 0 Å². The van der Waals surface area contributed by atoms with Crippen molar-refractivity contribution >= 4 is 5.57 Å². The minimum Gasteiger partial charge on any atom is -0.356 e. The van der Waals surface area contributed by atoms with Gasteiger partial charge in [-0.05, 0) is 43.7 Å². The van der Waals surface area contributed by atoms with E-state index in [2.05, 4.69) is 16.5 Å². The Labute approximate surface area is 89.5 Å². The summed E-state index contributed by atoms with van der Waals surface area (Å²) in [4.78, 5) is 0. The fraction of sp³-hybridized carbons (Fsp3) is 0.583. The molecule has 0 amide bonds. The number of aromatic nitrogens is 1. The third-order valence-corrected chi connectivity index (χ3v) is 3.54. The molecule has 1 fully saturated rings. The van der Waals surface area contributed by atoms with Crippen molar-refractivity contribution in [2.45, 2.75) is 19.8 Å². The molecule has 1 aromatic heterocycles. The molecule has 0 radical (unpaired) electrons. The van der Waals surface area contributed by atoms with Crippen molar-refractivity contribution < 1.29 is 4.52 Å². The summed E-state index contributed by atoms with van der Waals surface area (Å²) < 4.78 is 5.31. The lowest BCUT2D eigenvalue weighted by molar-refractivity contribution is 0.394. The first-order valence-corrected chi connectivity index (χ1v) is 5.68. The van der Waals surface area contributed by atoms with Gasteiger partial charge in [-0.3, -0.25) is 0 Å². The molecule has 0 unspecified atom stereocenters. The monoisotopic (exact) mass is 204 g/mol. The van der Waals surface area contributed by atoms with Crippen molar-refractivity contribution in [1.82, 2.24) is 10.5 Å². The van der Waals surface area contributed by atoms with Crippen molar-refractivity contribution in [2.24, 2.45) is 11.8 Å². The van der Waals surface area contributed by atoms with Crippen molar-refractivity contribution in [2.75, 3.05) is 13.1 Å². The predicted octanol–water partition coefficient (Wildman–Crippen LogP) is 2.00. The van der Waals surface area contributed by atoms with E-state index in [9.17, 15) is 0 Å². The van der Waals surface area contributed by atoms with Crippen LogP contribution in [0.5, 0.6) is 0 Å². The fourth-order valence-electron chi connectivity index (χ4n) is 2.67. The van der Waals surface area contributed by atoms with Crippen LogP contribution < -0.4 is 5.32 Å². The number of hydrogen-bond donors (Lipinski definition) is 1. The molecular formula is C12H16N2O.